The zero-order chi connectivity index (χ0) is 11.2. The maximum Gasteiger partial charge on any atom is 0.416 e. The van der Waals surface area contributed by atoms with E-state index in [1.807, 2.05) is 13.8 Å². The van der Waals surface area contributed by atoms with Gasteiger partial charge in [-0.25, -0.2) is 4.79 Å². The Morgan fingerprint density at radius 3 is 2.87 bits per heavy atom. The van der Waals surface area contributed by atoms with Crippen LogP contribution in [0.5, 0.6) is 0 Å². The van der Waals surface area contributed by atoms with Crippen molar-refractivity contribution >= 4 is 5.97 Å². The van der Waals surface area contributed by atoms with Gasteiger partial charge in [-0.15, -0.1) is 0 Å². The van der Waals surface area contributed by atoms with Crippen molar-refractivity contribution in [2.24, 2.45) is 5.41 Å². The Bertz CT molecular complexity index is 454. The van der Waals surface area contributed by atoms with Crippen LogP contribution in [0.4, 0.5) is 0 Å². The molecule has 5 nitrogen and oxygen atoms in total. The Morgan fingerprint density at radius 1 is 1.60 bits per heavy atom. The molecule has 0 spiro atoms. The van der Waals surface area contributed by atoms with E-state index in [1.165, 1.54) is 0 Å². The molecule has 2 N–H and O–H groups in total. The van der Waals surface area contributed by atoms with Crippen molar-refractivity contribution < 1.29 is 14.3 Å². The minimum absolute atomic E-state index is 0.122. The third-order valence-electron chi connectivity index (χ3n) is 2.78. The molecule has 1 aliphatic carbocycles. The van der Waals surface area contributed by atoms with E-state index in [4.69, 9.17) is 9.52 Å². The molecule has 2 rings (SSSR count). The number of carbonyl (C=O) groups is 1. The summed E-state index contributed by atoms with van der Waals surface area (Å²) in [5.41, 5.74) is 0.506. The number of H-pyrrole nitrogens is 1. The molecule has 0 fully saturated rings. The van der Waals surface area contributed by atoms with Gasteiger partial charge in [-0.2, -0.15) is 0 Å². The van der Waals surface area contributed by atoms with Crippen LogP contribution in [0.1, 0.15) is 37.6 Å². The van der Waals surface area contributed by atoms with Gasteiger partial charge in [-0.05, 0) is 18.3 Å². The highest BCUT2D eigenvalue weighted by Crippen LogP contribution is 2.40. The summed E-state index contributed by atoms with van der Waals surface area (Å²) in [4.78, 5) is 24.6. The van der Waals surface area contributed by atoms with Crippen LogP contribution in [0.2, 0.25) is 0 Å². The number of nitrogens with one attached hydrogen (secondary N) is 1. The fraction of sp³-hybridized carbons (Fsp3) is 0.600. The van der Waals surface area contributed by atoms with E-state index in [2.05, 4.69) is 4.98 Å². The Hall–Kier alpha value is -1.52. The monoisotopic (exact) mass is 211 g/mol. The van der Waals surface area contributed by atoms with Gasteiger partial charge in [0.05, 0.1) is 5.69 Å². The Balaban J connectivity index is 2.51. The molecule has 0 saturated carbocycles. The molecule has 0 bridgehead atoms. The van der Waals surface area contributed by atoms with Crippen molar-refractivity contribution in [3.8, 4) is 0 Å². The number of fused-ring (bicyclic) bond motifs is 1. The zero-order valence-electron chi connectivity index (χ0n) is 8.66. The van der Waals surface area contributed by atoms with Crippen molar-refractivity contribution in [1.82, 2.24) is 4.98 Å². The van der Waals surface area contributed by atoms with Gasteiger partial charge in [0.15, 0.2) is 0 Å². The van der Waals surface area contributed by atoms with Gasteiger partial charge in [-0.3, -0.25) is 9.78 Å². The molecule has 1 aromatic rings. The van der Waals surface area contributed by atoms with E-state index >= 15 is 0 Å². The first-order valence-electron chi connectivity index (χ1n) is 4.84. The predicted octanol–water partition coefficient (Wildman–Crippen LogP) is 1.11. The van der Waals surface area contributed by atoms with Gasteiger partial charge in [0.1, 0.15) is 11.7 Å². The molecule has 0 amide bonds. The first-order chi connectivity index (χ1) is 6.89. The van der Waals surface area contributed by atoms with E-state index in [0.717, 1.165) is 0 Å². The topological polar surface area (TPSA) is 83.3 Å². The van der Waals surface area contributed by atoms with Gasteiger partial charge >= 0.3 is 11.7 Å². The number of hydrogen-bond acceptors (Lipinski definition) is 3. The minimum Gasteiger partial charge on any atom is -0.481 e. The van der Waals surface area contributed by atoms with Gasteiger partial charge in [0.25, 0.3) is 0 Å². The maximum atomic E-state index is 11.0. The van der Waals surface area contributed by atoms with Gasteiger partial charge in [0, 0.05) is 0 Å². The van der Waals surface area contributed by atoms with Gasteiger partial charge in [-0.1, -0.05) is 13.8 Å². The van der Waals surface area contributed by atoms with Crippen LogP contribution in [-0.2, 0) is 11.2 Å². The molecule has 1 heterocycles. The van der Waals surface area contributed by atoms with Gasteiger partial charge < -0.3 is 9.52 Å². The van der Waals surface area contributed by atoms with Crippen LogP contribution in [0.25, 0.3) is 0 Å². The largest absolute Gasteiger partial charge is 0.481 e. The van der Waals surface area contributed by atoms with E-state index in [-0.39, 0.29) is 5.41 Å². The lowest BCUT2D eigenvalue weighted by Crippen LogP contribution is -2.29. The molecule has 1 aliphatic rings. The SMILES string of the molecule is CC1(C)Cc2[nH]c(=O)oc2C(C(=O)O)C1. The Morgan fingerprint density at radius 2 is 2.27 bits per heavy atom. The molecule has 0 radical (unpaired) electrons. The summed E-state index contributed by atoms with van der Waals surface area (Å²) in [5.74, 6) is -1.91. The molecule has 1 aromatic heterocycles. The fourth-order valence-corrected chi connectivity index (χ4v) is 2.18. The number of aliphatic carboxylic acids is 1. The molecule has 1 atom stereocenters. The van der Waals surface area contributed by atoms with Crippen molar-refractivity contribution in [1.29, 1.82) is 0 Å². The summed E-state index contributed by atoms with van der Waals surface area (Å²) in [5, 5.41) is 9.05. The smallest absolute Gasteiger partial charge is 0.416 e. The normalized spacial score (nSPS) is 23.5. The summed E-state index contributed by atoms with van der Waals surface area (Å²) in [6.07, 6.45) is 1.15. The molecule has 0 aliphatic heterocycles. The first-order valence-corrected chi connectivity index (χ1v) is 4.84. The lowest BCUT2D eigenvalue weighted by Gasteiger charge is -2.31. The highest BCUT2D eigenvalue weighted by atomic mass is 16.4. The summed E-state index contributed by atoms with van der Waals surface area (Å²) in [6.45, 7) is 3.97. The zero-order valence-corrected chi connectivity index (χ0v) is 8.66. The van der Waals surface area contributed by atoms with E-state index in [9.17, 15) is 9.59 Å². The van der Waals surface area contributed by atoms with Crippen LogP contribution in [-0.4, -0.2) is 16.1 Å². The lowest BCUT2D eigenvalue weighted by atomic mass is 9.73. The number of oxazole rings is 1. The lowest BCUT2D eigenvalue weighted by molar-refractivity contribution is -0.140. The molecule has 82 valence electrons. The summed E-state index contributed by atoms with van der Waals surface area (Å²) >= 11 is 0. The third-order valence-corrected chi connectivity index (χ3v) is 2.78. The van der Waals surface area contributed by atoms with E-state index < -0.39 is 17.6 Å². The standard InChI is InChI=1S/C10H13NO4/c1-10(2)3-5(8(12)13)7-6(4-10)11-9(14)15-7/h5H,3-4H2,1-2H3,(H,11,14)(H,12,13). The summed E-state index contributed by atoms with van der Waals surface area (Å²) < 4.78 is 4.88. The van der Waals surface area contributed by atoms with Crippen molar-refractivity contribution in [3.05, 3.63) is 22.0 Å². The van der Waals surface area contributed by atoms with Crippen LogP contribution in [0.3, 0.4) is 0 Å². The second-order valence-electron chi connectivity index (χ2n) is 4.79. The number of hydrogen-bond donors (Lipinski definition) is 2. The number of rotatable bonds is 1. The quantitative estimate of drug-likeness (QED) is 0.728. The Labute approximate surface area is 86.1 Å². The minimum atomic E-state index is -0.938. The number of carboxylic acid groups (broad SMARTS) is 1. The molecular weight excluding hydrogens is 198 g/mol. The van der Waals surface area contributed by atoms with Crippen LogP contribution in [0.15, 0.2) is 9.21 Å². The van der Waals surface area contributed by atoms with E-state index in [0.29, 0.717) is 24.3 Å². The van der Waals surface area contributed by atoms with Crippen molar-refractivity contribution in [2.75, 3.05) is 0 Å². The molecule has 1 unspecified atom stereocenters. The van der Waals surface area contributed by atoms with Crippen LogP contribution < -0.4 is 5.76 Å². The first kappa shape index (κ1) is 10.0. The highest BCUT2D eigenvalue weighted by molar-refractivity contribution is 5.76. The number of aromatic nitrogens is 1. The molecule has 0 aromatic carbocycles. The second kappa shape index (κ2) is 2.98. The Kier molecular flexibility index (Phi) is 1.99. The summed E-state index contributed by atoms with van der Waals surface area (Å²) in [7, 11) is 0. The average molecular weight is 211 g/mol. The maximum absolute atomic E-state index is 11.0. The molecule has 0 saturated heterocycles. The molecule has 15 heavy (non-hydrogen) atoms. The molecular formula is C10H13NO4. The van der Waals surface area contributed by atoms with E-state index in [1.54, 1.807) is 0 Å². The van der Waals surface area contributed by atoms with Crippen LogP contribution in [0, 0.1) is 5.41 Å². The predicted molar refractivity (Wildman–Crippen MR) is 51.8 cm³/mol. The molecule has 5 heteroatoms. The van der Waals surface area contributed by atoms with Crippen LogP contribution >= 0.6 is 0 Å². The number of aromatic amines is 1. The highest BCUT2D eigenvalue weighted by Gasteiger charge is 2.39. The fourth-order valence-electron chi connectivity index (χ4n) is 2.18. The third kappa shape index (κ3) is 1.69. The summed E-state index contributed by atoms with van der Waals surface area (Å²) in [6, 6.07) is 0. The number of carboxylic acids is 1. The second-order valence-corrected chi connectivity index (χ2v) is 4.79. The van der Waals surface area contributed by atoms with Gasteiger partial charge in [0.2, 0.25) is 0 Å². The van der Waals surface area contributed by atoms with Crippen molar-refractivity contribution in [3.63, 3.8) is 0 Å². The average Bonchev–Trinajstić information content (AvgIpc) is 2.41. The van der Waals surface area contributed by atoms with Crippen molar-refractivity contribution in [2.45, 2.75) is 32.6 Å².